The first-order valence-electron chi connectivity index (χ1n) is 8.73. The summed E-state index contributed by atoms with van der Waals surface area (Å²) in [4.78, 5) is 12.4. The Kier molecular flexibility index (Phi) is 5.84. The van der Waals surface area contributed by atoms with Crippen molar-refractivity contribution in [1.82, 2.24) is 0 Å². The summed E-state index contributed by atoms with van der Waals surface area (Å²) in [5.74, 6) is -0.539. The molecule has 3 aromatic rings. The number of alkyl halides is 3. The molecule has 0 aliphatic rings. The molecule has 0 atom stereocenters. The van der Waals surface area contributed by atoms with Crippen LogP contribution in [-0.4, -0.2) is 14.3 Å². The Labute approximate surface area is 171 Å². The molecule has 30 heavy (non-hydrogen) atoms. The topological polar surface area (TPSA) is 75.3 Å². The summed E-state index contributed by atoms with van der Waals surface area (Å²) in [7, 11) is -3.77. The number of nitrogens with one attached hydrogen (secondary N) is 2. The van der Waals surface area contributed by atoms with Crippen molar-refractivity contribution in [2.24, 2.45) is 0 Å². The molecule has 0 spiro atoms. The molecule has 0 aromatic heterocycles. The number of hydrogen-bond donors (Lipinski definition) is 2. The third-order valence-corrected chi connectivity index (χ3v) is 5.60. The first kappa shape index (κ1) is 21.4. The van der Waals surface area contributed by atoms with Crippen LogP contribution in [0.15, 0.2) is 77.7 Å². The summed E-state index contributed by atoms with van der Waals surface area (Å²) in [5, 5.41) is 2.49. The lowest BCUT2D eigenvalue weighted by molar-refractivity contribution is -0.137. The van der Waals surface area contributed by atoms with Gasteiger partial charge in [-0.1, -0.05) is 17.7 Å². The van der Waals surface area contributed by atoms with E-state index in [1.165, 1.54) is 36.4 Å². The predicted molar refractivity (Wildman–Crippen MR) is 108 cm³/mol. The van der Waals surface area contributed by atoms with Crippen LogP contribution in [0.5, 0.6) is 0 Å². The summed E-state index contributed by atoms with van der Waals surface area (Å²) < 4.78 is 65.0. The molecule has 0 radical (unpaired) electrons. The van der Waals surface area contributed by atoms with E-state index in [4.69, 9.17) is 0 Å². The Morgan fingerprint density at radius 3 is 1.87 bits per heavy atom. The summed E-state index contributed by atoms with van der Waals surface area (Å²) in [5.41, 5.74) is 0.801. The van der Waals surface area contributed by atoms with Crippen molar-refractivity contribution in [3.8, 4) is 0 Å². The normalized spacial score (nSPS) is 11.7. The van der Waals surface area contributed by atoms with Gasteiger partial charge in [-0.05, 0) is 67.6 Å². The molecule has 3 aromatic carbocycles. The fourth-order valence-corrected chi connectivity index (χ4v) is 3.63. The van der Waals surface area contributed by atoms with E-state index < -0.39 is 27.7 Å². The summed E-state index contributed by atoms with van der Waals surface area (Å²) in [6, 6.07) is 16.1. The maximum Gasteiger partial charge on any atom is 0.416 e. The van der Waals surface area contributed by atoms with E-state index in [1.54, 1.807) is 12.1 Å². The number of benzene rings is 3. The van der Waals surface area contributed by atoms with Crippen molar-refractivity contribution in [2.45, 2.75) is 18.0 Å². The second-order valence-corrected chi connectivity index (χ2v) is 8.21. The first-order chi connectivity index (χ1) is 14.0. The van der Waals surface area contributed by atoms with Gasteiger partial charge in [0, 0.05) is 16.9 Å². The van der Waals surface area contributed by atoms with Crippen LogP contribution in [0, 0.1) is 6.92 Å². The molecule has 0 heterocycles. The molecule has 3 rings (SSSR count). The maximum atomic E-state index is 12.6. The minimum atomic E-state index is -4.45. The highest BCUT2D eigenvalue weighted by molar-refractivity contribution is 7.92. The van der Waals surface area contributed by atoms with E-state index in [-0.39, 0.29) is 21.8 Å². The van der Waals surface area contributed by atoms with Crippen LogP contribution in [0.2, 0.25) is 0 Å². The van der Waals surface area contributed by atoms with Crippen LogP contribution in [0.1, 0.15) is 21.5 Å². The Morgan fingerprint density at radius 1 is 0.800 bits per heavy atom. The van der Waals surface area contributed by atoms with Gasteiger partial charge in [-0.3, -0.25) is 9.52 Å². The smallest absolute Gasteiger partial charge is 0.322 e. The zero-order chi connectivity index (χ0) is 21.9. The molecule has 0 unspecified atom stereocenters. The molecule has 5 nitrogen and oxygen atoms in total. The minimum absolute atomic E-state index is 0.109. The number of anilines is 2. The number of hydrogen-bond acceptors (Lipinski definition) is 3. The highest BCUT2D eigenvalue weighted by Gasteiger charge is 2.30. The summed E-state index contributed by atoms with van der Waals surface area (Å²) in [6.07, 6.45) is -4.45. The zero-order valence-corrected chi connectivity index (χ0v) is 16.5. The SMILES string of the molecule is Cc1ccc(S(=O)(=O)Nc2ccc(C(=O)Nc3ccc(C(F)(F)F)cc3)cc2)cc1. The molecule has 9 heteroatoms. The number of carbonyl (C=O) groups is 1. The molecular formula is C21H17F3N2O3S. The third-order valence-electron chi connectivity index (χ3n) is 4.20. The van der Waals surface area contributed by atoms with Crippen LogP contribution >= 0.6 is 0 Å². The molecule has 0 fully saturated rings. The number of sulfonamides is 1. The number of halogens is 3. The second kappa shape index (κ2) is 8.19. The Morgan fingerprint density at radius 2 is 1.33 bits per heavy atom. The monoisotopic (exact) mass is 434 g/mol. The van der Waals surface area contributed by atoms with E-state index >= 15 is 0 Å². The van der Waals surface area contributed by atoms with Gasteiger partial charge in [-0.2, -0.15) is 13.2 Å². The average Bonchev–Trinajstić information content (AvgIpc) is 2.68. The van der Waals surface area contributed by atoms with E-state index in [0.29, 0.717) is 0 Å². The lowest BCUT2D eigenvalue weighted by Gasteiger charge is -2.10. The highest BCUT2D eigenvalue weighted by Crippen LogP contribution is 2.30. The molecule has 0 aliphatic carbocycles. The molecule has 0 saturated heterocycles. The molecule has 1 amide bonds. The lowest BCUT2D eigenvalue weighted by atomic mass is 10.1. The van der Waals surface area contributed by atoms with E-state index in [9.17, 15) is 26.4 Å². The van der Waals surface area contributed by atoms with Crippen molar-refractivity contribution in [3.63, 3.8) is 0 Å². The fraction of sp³-hybridized carbons (Fsp3) is 0.0952. The van der Waals surface area contributed by atoms with Gasteiger partial charge < -0.3 is 5.32 Å². The van der Waals surface area contributed by atoms with Gasteiger partial charge in [0.2, 0.25) is 0 Å². The second-order valence-electron chi connectivity index (χ2n) is 6.53. The Hall–Kier alpha value is -3.33. The Bertz CT molecular complexity index is 1140. The van der Waals surface area contributed by atoms with Gasteiger partial charge in [0.1, 0.15) is 0 Å². The zero-order valence-electron chi connectivity index (χ0n) is 15.7. The summed E-state index contributed by atoms with van der Waals surface area (Å²) in [6.45, 7) is 1.85. The number of rotatable bonds is 5. The van der Waals surface area contributed by atoms with Crippen molar-refractivity contribution in [1.29, 1.82) is 0 Å². The number of aryl methyl sites for hydroxylation is 1. The third kappa shape index (κ3) is 5.18. The van der Waals surface area contributed by atoms with Gasteiger partial charge in [0.05, 0.1) is 10.5 Å². The van der Waals surface area contributed by atoms with E-state index in [1.807, 2.05) is 6.92 Å². The largest absolute Gasteiger partial charge is 0.416 e. The predicted octanol–water partition coefficient (Wildman–Crippen LogP) is 5.07. The molecular weight excluding hydrogens is 417 g/mol. The quantitative estimate of drug-likeness (QED) is 0.589. The Balaban J connectivity index is 1.67. The molecule has 156 valence electrons. The van der Waals surface area contributed by atoms with Gasteiger partial charge in [0.25, 0.3) is 15.9 Å². The van der Waals surface area contributed by atoms with Crippen molar-refractivity contribution >= 4 is 27.3 Å². The lowest BCUT2D eigenvalue weighted by Crippen LogP contribution is -2.14. The van der Waals surface area contributed by atoms with E-state index in [0.717, 1.165) is 29.8 Å². The minimum Gasteiger partial charge on any atom is -0.322 e. The van der Waals surface area contributed by atoms with Crippen molar-refractivity contribution < 1.29 is 26.4 Å². The van der Waals surface area contributed by atoms with Gasteiger partial charge >= 0.3 is 6.18 Å². The highest BCUT2D eigenvalue weighted by atomic mass is 32.2. The van der Waals surface area contributed by atoms with Crippen LogP contribution in [0.3, 0.4) is 0 Å². The van der Waals surface area contributed by atoms with Crippen LogP contribution in [0.25, 0.3) is 0 Å². The fourth-order valence-electron chi connectivity index (χ4n) is 2.57. The molecule has 0 bridgehead atoms. The molecule has 0 saturated carbocycles. The number of amides is 1. The average molecular weight is 434 g/mol. The molecule has 0 aliphatic heterocycles. The van der Waals surface area contributed by atoms with Crippen molar-refractivity contribution in [3.05, 3.63) is 89.5 Å². The molecule has 2 N–H and O–H groups in total. The standard InChI is InChI=1S/C21H17F3N2O3S/c1-14-2-12-19(13-3-14)30(28,29)26-18-8-4-15(5-9-18)20(27)25-17-10-6-16(7-11-17)21(22,23)24/h2-13,26H,1H3,(H,25,27). The van der Waals surface area contributed by atoms with Gasteiger partial charge in [0.15, 0.2) is 0 Å². The van der Waals surface area contributed by atoms with Crippen LogP contribution in [-0.2, 0) is 16.2 Å². The van der Waals surface area contributed by atoms with Crippen molar-refractivity contribution in [2.75, 3.05) is 10.0 Å². The van der Waals surface area contributed by atoms with Crippen LogP contribution in [0.4, 0.5) is 24.5 Å². The summed E-state index contributed by atoms with van der Waals surface area (Å²) >= 11 is 0. The number of carbonyl (C=O) groups excluding carboxylic acids is 1. The van der Waals surface area contributed by atoms with Crippen LogP contribution < -0.4 is 10.0 Å². The van der Waals surface area contributed by atoms with Gasteiger partial charge in [-0.15, -0.1) is 0 Å². The van der Waals surface area contributed by atoms with E-state index in [2.05, 4.69) is 10.0 Å². The maximum absolute atomic E-state index is 12.6. The van der Waals surface area contributed by atoms with Gasteiger partial charge in [-0.25, -0.2) is 8.42 Å². The first-order valence-corrected chi connectivity index (χ1v) is 10.2.